The van der Waals surface area contributed by atoms with E-state index < -0.39 is 11.8 Å². The lowest BCUT2D eigenvalue weighted by Crippen LogP contribution is -2.39. The van der Waals surface area contributed by atoms with Crippen LogP contribution >= 0.6 is 0 Å². The second kappa shape index (κ2) is 6.83. The van der Waals surface area contributed by atoms with Gasteiger partial charge in [-0.15, -0.1) is 0 Å². The average molecular weight is 279 g/mol. The van der Waals surface area contributed by atoms with Crippen LogP contribution in [0.2, 0.25) is 0 Å². The molecule has 0 amide bonds. The van der Waals surface area contributed by atoms with Gasteiger partial charge < -0.3 is 19.5 Å². The molecule has 0 aliphatic carbocycles. The van der Waals surface area contributed by atoms with Gasteiger partial charge in [-0.3, -0.25) is 0 Å². The third-order valence-electron chi connectivity index (χ3n) is 3.25. The Balaban J connectivity index is 2.36. The molecule has 1 saturated heterocycles. The molecule has 110 valence electrons. The summed E-state index contributed by atoms with van der Waals surface area (Å²) >= 11 is 0. The van der Waals surface area contributed by atoms with Crippen molar-refractivity contribution < 1.29 is 19.0 Å². The number of rotatable bonds is 6. The SMILES string of the molecule is CCOC(=O)C1(c2ccccc2CCNC)OCCO1. The van der Waals surface area contributed by atoms with Gasteiger partial charge >= 0.3 is 5.97 Å². The molecule has 20 heavy (non-hydrogen) atoms. The minimum absolute atomic E-state index is 0.298. The lowest BCUT2D eigenvalue weighted by Gasteiger charge is -2.27. The zero-order chi connectivity index (χ0) is 14.4. The van der Waals surface area contributed by atoms with E-state index in [-0.39, 0.29) is 0 Å². The highest BCUT2D eigenvalue weighted by atomic mass is 16.8. The molecule has 1 aromatic rings. The first-order valence-corrected chi connectivity index (χ1v) is 6.92. The molecule has 0 saturated carbocycles. The summed E-state index contributed by atoms with van der Waals surface area (Å²) in [6.07, 6.45) is 0.792. The Morgan fingerprint density at radius 1 is 1.35 bits per heavy atom. The summed E-state index contributed by atoms with van der Waals surface area (Å²) in [5, 5.41) is 3.10. The second-order valence-corrected chi connectivity index (χ2v) is 4.54. The first-order chi connectivity index (χ1) is 9.74. The van der Waals surface area contributed by atoms with Gasteiger partial charge in [0.15, 0.2) is 0 Å². The van der Waals surface area contributed by atoms with Crippen molar-refractivity contribution in [1.82, 2.24) is 5.32 Å². The number of benzene rings is 1. The Kier molecular flexibility index (Phi) is 5.11. The number of carbonyl (C=O) groups excluding carboxylic acids is 1. The third-order valence-corrected chi connectivity index (χ3v) is 3.25. The van der Waals surface area contributed by atoms with E-state index in [9.17, 15) is 4.79 Å². The van der Waals surface area contributed by atoms with Crippen molar-refractivity contribution in [3.63, 3.8) is 0 Å². The van der Waals surface area contributed by atoms with E-state index in [1.807, 2.05) is 31.3 Å². The predicted molar refractivity (Wildman–Crippen MR) is 74.3 cm³/mol. The zero-order valence-electron chi connectivity index (χ0n) is 12.0. The number of esters is 1. The van der Waals surface area contributed by atoms with Gasteiger partial charge in [-0.2, -0.15) is 0 Å². The van der Waals surface area contributed by atoms with E-state index in [1.165, 1.54) is 0 Å². The van der Waals surface area contributed by atoms with Crippen molar-refractivity contribution in [3.05, 3.63) is 35.4 Å². The number of likely N-dealkylation sites (N-methyl/N-ethyl adjacent to an activating group) is 1. The van der Waals surface area contributed by atoms with Crippen LogP contribution in [0.25, 0.3) is 0 Å². The Bertz CT molecular complexity index is 455. The van der Waals surface area contributed by atoms with Gasteiger partial charge in [0.05, 0.1) is 19.8 Å². The summed E-state index contributed by atoms with van der Waals surface area (Å²) in [6.45, 7) is 3.66. The largest absolute Gasteiger partial charge is 0.462 e. The molecule has 1 fully saturated rings. The van der Waals surface area contributed by atoms with Crippen molar-refractivity contribution in [2.45, 2.75) is 19.1 Å². The van der Waals surface area contributed by atoms with E-state index >= 15 is 0 Å². The number of hydrogen-bond acceptors (Lipinski definition) is 5. The molecule has 0 atom stereocenters. The van der Waals surface area contributed by atoms with Crippen molar-refractivity contribution in [2.24, 2.45) is 0 Å². The van der Waals surface area contributed by atoms with Crippen molar-refractivity contribution in [2.75, 3.05) is 33.4 Å². The van der Waals surface area contributed by atoms with Gasteiger partial charge in [0.2, 0.25) is 0 Å². The van der Waals surface area contributed by atoms with E-state index in [0.29, 0.717) is 19.8 Å². The number of hydrogen-bond donors (Lipinski definition) is 1. The fourth-order valence-electron chi connectivity index (χ4n) is 2.34. The fraction of sp³-hybridized carbons (Fsp3) is 0.533. The second-order valence-electron chi connectivity index (χ2n) is 4.54. The van der Waals surface area contributed by atoms with Gasteiger partial charge in [-0.05, 0) is 32.5 Å². The molecule has 1 N–H and O–H groups in total. The summed E-state index contributed by atoms with van der Waals surface area (Å²) in [6, 6.07) is 7.68. The van der Waals surface area contributed by atoms with Gasteiger partial charge in [-0.25, -0.2) is 4.79 Å². The zero-order valence-corrected chi connectivity index (χ0v) is 12.0. The first kappa shape index (κ1) is 15.0. The number of ether oxygens (including phenoxy) is 3. The van der Waals surface area contributed by atoms with Gasteiger partial charge in [0.25, 0.3) is 5.79 Å². The minimum Gasteiger partial charge on any atom is -0.462 e. The normalized spacial score (nSPS) is 17.1. The molecule has 5 nitrogen and oxygen atoms in total. The monoisotopic (exact) mass is 279 g/mol. The van der Waals surface area contributed by atoms with Crippen LogP contribution in [0, 0.1) is 0 Å². The molecule has 1 aliphatic rings. The molecular formula is C15H21NO4. The molecule has 0 spiro atoms. The van der Waals surface area contributed by atoms with Crippen molar-refractivity contribution >= 4 is 5.97 Å². The van der Waals surface area contributed by atoms with Crippen LogP contribution in [0.4, 0.5) is 0 Å². The molecule has 0 bridgehead atoms. The van der Waals surface area contributed by atoms with Crippen LogP contribution in [0.5, 0.6) is 0 Å². The Hall–Kier alpha value is -1.43. The van der Waals surface area contributed by atoms with Crippen LogP contribution < -0.4 is 5.32 Å². The Morgan fingerprint density at radius 3 is 2.70 bits per heavy atom. The summed E-state index contributed by atoms with van der Waals surface area (Å²) in [4.78, 5) is 12.3. The maximum atomic E-state index is 12.3. The van der Waals surface area contributed by atoms with E-state index in [0.717, 1.165) is 24.1 Å². The fourth-order valence-corrected chi connectivity index (χ4v) is 2.34. The van der Waals surface area contributed by atoms with E-state index in [4.69, 9.17) is 14.2 Å². The predicted octanol–water partition coefficient (Wildman–Crippen LogP) is 1.21. The minimum atomic E-state index is -1.40. The average Bonchev–Trinajstić information content (AvgIpc) is 2.96. The highest BCUT2D eigenvalue weighted by Gasteiger charge is 2.49. The molecule has 1 aliphatic heterocycles. The first-order valence-electron chi connectivity index (χ1n) is 6.92. The van der Waals surface area contributed by atoms with Gasteiger partial charge in [0.1, 0.15) is 0 Å². The topological polar surface area (TPSA) is 56.8 Å². The lowest BCUT2D eigenvalue weighted by atomic mass is 9.97. The summed E-state index contributed by atoms with van der Waals surface area (Å²) in [5.41, 5.74) is 1.77. The van der Waals surface area contributed by atoms with Crippen LogP contribution in [0.1, 0.15) is 18.1 Å². The van der Waals surface area contributed by atoms with Gasteiger partial charge in [0, 0.05) is 5.56 Å². The molecule has 0 radical (unpaired) electrons. The van der Waals surface area contributed by atoms with Crippen LogP contribution in [0.15, 0.2) is 24.3 Å². The maximum Gasteiger partial charge on any atom is 0.372 e. The molecule has 1 aromatic carbocycles. The molecule has 0 unspecified atom stereocenters. The lowest BCUT2D eigenvalue weighted by molar-refractivity contribution is -0.211. The molecule has 5 heteroatoms. The molecule has 0 aromatic heterocycles. The molecular weight excluding hydrogens is 258 g/mol. The number of nitrogens with one attached hydrogen (secondary N) is 1. The summed E-state index contributed by atoms with van der Waals surface area (Å²) in [7, 11) is 1.90. The summed E-state index contributed by atoms with van der Waals surface area (Å²) < 4.78 is 16.4. The van der Waals surface area contributed by atoms with Crippen LogP contribution in [-0.4, -0.2) is 39.4 Å². The number of carbonyl (C=O) groups is 1. The van der Waals surface area contributed by atoms with Crippen LogP contribution in [0.3, 0.4) is 0 Å². The standard InChI is InChI=1S/C15H21NO4/c1-3-18-14(17)15(19-10-11-20-15)13-7-5-4-6-12(13)8-9-16-2/h4-7,16H,3,8-11H2,1-2H3. The molecule has 1 heterocycles. The van der Waals surface area contributed by atoms with Crippen molar-refractivity contribution in [1.29, 1.82) is 0 Å². The quantitative estimate of drug-likeness (QED) is 0.793. The highest BCUT2D eigenvalue weighted by molar-refractivity contribution is 5.80. The highest BCUT2D eigenvalue weighted by Crippen LogP contribution is 2.35. The van der Waals surface area contributed by atoms with Gasteiger partial charge in [-0.1, -0.05) is 24.3 Å². The maximum absolute atomic E-state index is 12.3. The Labute approximate surface area is 119 Å². The summed E-state index contributed by atoms with van der Waals surface area (Å²) in [5.74, 6) is -1.88. The molecule has 2 rings (SSSR count). The third kappa shape index (κ3) is 2.85. The van der Waals surface area contributed by atoms with Crippen molar-refractivity contribution in [3.8, 4) is 0 Å². The van der Waals surface area contributed by atoms with E-state index in [2.05, 4.69) is 5.32 Å². The Morgan fingerprint density at radius 2 is 2.05 bits per heavy atom. The smallest absolute Gasteiger partial charge is 0.372 e. The van der Waals surface area contributed by atoms with Crippen LogP contribution in [-0.2, 0) is 31.2 Å². The van der Waals surface area contributed by atoms with E-state index in [1.54, 1.807) is 6.92 Å².